The molecular weight excluding hydrogens is 436 g/mol. The van der Waals surface area contributed by atoms with Crippen molar-refractivity contribution in [2.45, 2.75) is 33.4 Å². The number of rotatable bonds is 7. The molecule has 6 heteroatoms. The largest absolute Gasteiger partial charge is 0.457 e. The zero-order valence-electron chi connectivity index (χ0n) is 20.2. The molecule has 0 fully saturated rings. The first-order valence-corrected chi connectivity index (χ1v) is 12.1. The fourth-order valence-corrected chi connectivity index (χ4v) is 4.50. The van der Waals surface area contributed by atoms with E-state index in [1.54, 1.807) is 0 Å². The number of benzene rings is 3. The van der Waals surface area contributed by atoms with Crippen LogP contribution in [0, 0.1) is 6.92 Å². The third-order valence-corrected chi connectivity index (χ3v) is 6.26. The minimum absolute atomic E-state index is 0.0335. The Bertz CT molecular complexity index is 1340. The van der Waals surface area contributed by atoms with Crippen LogP contribution in [0.15, 0.2) is 89.7 Å². The lowest BCUT2D eigenvalue weighted by molar-refractivity contribution is 0.198. The van der Waals surface area contributed by atoms with Crippen molar-refractivity contribution < 1.29 is 4.74 Å². The van der Waals surface area contributed by atoms with Gasteiger partial charge in [-0.25, -0.2) is 4.98 Å². The zero-order chi connectivity index (χ0) is 24.2. The van der Waals surface area contributed by atoms with Crippen LogP contribution < -0.4 is 15.2 Å². The molecule has 3 aromatic carbocycles. The number of aryl methyl sites for hydroxylation is 1. The number of para-hydroxylation sites is 1. The van der Waals surface area contributed by atoms with Crippen LogP contribution in [0.4, 0.5) is 11.6 Å². The molecule has 1 aliphatic rings. The molecule has 35 heavy (non-hydrogen) atoms. The van der Waals surface area contributed by atoms with E-state index in [2.05, 4.69) is 28.9 Å². The maximum atomic E-state index is 13.7. The molecule has 0 saturated carbocycles. The molecule has 0 amide bonds. The quantitative estimate of drug-likeness (QED) is 0.349. The van der Waals surface area contributed by atoms with Crippen molar-refractivity contribution in [1.29, 1.82) is 0 Å². The Morgan fingerprint density at radius 2 is 1.51 bits per heavy atom. The summed E-state index contributed by atoms with van der Waals surface area (Å²) in [4.78, 5) is 23.0. The standard InChI is InChI=1S/C29H30N4O2/c1-3-18-31-20-32(24-14-16-26(17-15-24)35-25-12-8-5-9-13-25)29-30-22(2)27(28(34)33(29)21-31)19-23-10-6-4-7-11-23/h4-17H,3,18-21H2,1-2H3. The Balaban J connectivity index is 1.49. The highest BCUT2D eigenvalue weighted by Gasteiger charge is 2.27. The Labute approximate surface area is 206 Å². The van der Waals surface area contributed by atoms with Gasteiger partial charge in [0.05, 0.1) is 19.0 Å². The smallest absolute Gasteiger partial charge is 0.259 e. The topological polar surface area (TPSA) is 50.6 Å². The molecule has 1 aliphatic heterocycles. The highest BCUT2D eigenvalue weighted by Crippen LogP contribution is 2.30. The Hall–Kier alpha value is -3.90. The normalized spacial score (nSPS) is 13.5. The molecule has 0 saturated heterocycles. The molecule has 1 aromatic heterocycles. The van der Waals surface area contributed by atoms with Gasteiger partial charge in [-0.15, -0.1) is 0 Å². The van der Waals surface area contributed by atoms with Gasteiger partial charge in [0, 0.05) is 24.2 Å². The van der Waals surface area contributed by atoms with E-state index in [0.29, 0.717) is 25.7 Å². The minimum Gasteiger partial charge on any atom is -0.457 e. The third kappa shape index (κ3) is 4.98. The lowest BCUT2D eigenvalue weighted by atomic mass is 10.1. The summed E-state index contributed by atoms with van der Waals surface area (Å²) in [5, 5.41) is 0. The van der Waals surface area contributed by atoms with E-state index in [9.17, 15) is 4.79 Å². The summed E-state index contributed by atoms with van der Waals surface area (Å²) in [6, 6.07) is 27.8. The number of fused-ring (bicyclic) bond motifs is 1. The first-order valence-electron chi connectivity index (χ1n) is 12.1. The summed E-state index contributed by atoms with van der Waals surface area (Å²) in [7, 11) is 0. The van der Waals surface area contributed by atoms with Gasteiger partial charge in [0.25, 0.3) is 5.56 Å². The lowest BCUT2D eigenvalue weighted by Gasteiger charge is -2.38. The van der Waals surface area contributed by atoms with Crippen molar-refractivity contribution in [2.75, 3.05) is 18.1 Å². The number of aromatic nitrogens is 2. The second-order valence-corrected chi connectivity index (χ2v) is 8.89. The lowest BCUT2D eigenvalue weighted by Crippen LogP contribution is -2.48. The predicted molar refractivity (Wildman–Crippen MR) is 139 cm³/mol. The van der Waals surface area contributed by atoms with Crippen LogP contribution >= 0.6 is 0 Å². The predicted octanol–water partition coefficient (Wildman–Crippen LogP) is 5.71. The van der Waals surface area contributed by atoms with Crippen LogP contribution in [0.25, 0.3) is 0 Å². The van der Waals surface area contributed by atoms with Crippen molar-refractivity contribution in [3.8, 4) is 11.5 Å². The van der Waals surface area contributed by atoms with E-state index in [4.69, 9.17) is 9.72 Å². The van der Waals surface area contributed by atoms with Crippen molar-refractivity contribution in [3.63, 3.8) is 0 Å². The van der Waals surface area contributed by atoms with E-state index in [0.717, 1.165) is 47.0 Å². The number of hydrogen-bond donors (Lipinski definition) is 0. The third-order valence-electron chi connectivity index (χ3n) is 6.26. The summed E-state index contributed by atoms with van der Waals surface area (Å²) in [5.41, 5.74) is 3.66. The summed E-state index contributed by atoms with van der Waals surface area (Å²) < 4.78 is 7.78. The first-order chi connectivity index (χ1) is 17.1. The van der Waals surface area contributed by atoms with E-state index in [-0.39, 0.29) is 5.56 Å². The van der Waals surface area contributed by atoms with Crippen LogP contribution in [-0.2, 0) is 13.1 Å². The highest BCUT2D eigenvalue weighted by molar-refractivity contribution is 5.59. The minimum atomic E-state index is 0.0335. The van der Waals surface area contributed by atoms with E-state index >= 15 is 0 Å². The molecule has 4 aromatic rings. The van der Waals surface area contributed by atoms with Crippen molar-refractivity contribution in [1.82, 2.24) is 14.5 Å². The van der Waals surface area contributed by atoms with Gasteiger partial charge in [-0.1, -0.05) is 55.5 Å². The Kier molecular flexibility index (Phi) is 6.64. The van der Waals surface area contributed by atoms with Crippen LogP contribution in [-0.4, -0.2) is 27.7 Å². The van der Waals surface area contributed by atoms with Gasteiger partial charge < -0.3 is 4.74 Å². The van der Waals surface area contributed by atoms with Crippen molar-refractivity contribution in [3.05, 3.63) is 112 Å². The van der Waals surface area contributed by atoms with Gasteiger partial charge in [-0.3, -0.25) is 19.2 Å². The van der Waals surface area contributed by atoms with Crippen LogP contribution in [0.5, 0.6) is 11.5 Å². The van der Waals surface area contributed by atoms with Gasteiger partial charge in [0.15, 0.2) is 0 Å². The molecule has 178 valence electrons. The number of hydrogen-bond acceptors (Lipinski definition) is 5. The van der Waals surface area contributed by atoms with Crippen LogP contribution in [0.1, 0.15) is 30.2 Å². The molecule has 0 spiro atoms. The second kappa shape index (κ2) is 10.2. The summed E-state index contributed by atoms with van der Waals surface area (Å²) >= 11 is 0. The molecular formula is C29H30N4O2. The van der Waals surface area contributed by atoms with Gasteiger partial charge in [-0.05, 0) is 55.3 Å². The van der Waals surface area contributed by atoms with Crippen LogP contribution in [0.2, 0.25) is 0 Å². The van der Waals surface area contributed by atoms with E-state index in [1.165, 1.54) is 0 Å². The molecule has 0 atom stereocenters. The number of anilines is 2. The first kappa shape index (κ1) is 22.9. The number of nitrogens with zero attached hydrogens (tertiary/aromatic N) is 4. The average Bonchev–Trinajstić information content (AvgIpc) is 2.89. The van der Waals surface area contributed by atoms with Crippen LogP contribution in [0.3, 0.4) is 0 Å². The fourth-order valence-electron chi connectivity index (χ4n) is 4.50. The van der Waals surface area contributed by atoms with Gasteiger partial charge in [0.2, 0.25) is 5.95 Å². The number of ether oxygens (including phenoxy) is 1. The zero-order valence-corrected chi connectivity index (χ0v) is 20.2. The second-order valence-electron chi connectivity index (χ2n) is 8.89. The Morgan fingerprint density at radius 1 is 0.857 bits per heavy atom. The van der Waals surface area contributed by atoms with E-state index < -0.39 is 0 Å². The van der Waals surface area contributed by atoms with Crippen molar-refractivity contribution in [2.24, 2.45) is 0 Å². The summed E-state index contributed by atoms with van der Waals surface area (Å²) in [6.07, 6.45) is 1.59. The molecule has 5 rings (SSSR count). The molecule has 0 radical (unpaired) electrons. The molecule has 0 bridgehead atoms. The maximum Gasteiger partial charge on any atom is 0.259 e. The maximum absolute atomic E-state index is 13.7. The van der Waals surface area contributed by atoms with Gasteiger partial charge in [0.1, 0.15) is 11.5 Å². The fraction of sp³-hybridized carbons (Fsp3) is 0.241. The molecule has 0 unspecified atom stereocenters. The van der Waals surface area contributed by atoms with Gasteiger partial charge >= 0.3 is 0 Å². The van der Waals surface area contributed by atoms with Crippen molar-refractivity contribution >= 4 is 11.6 Å². The van der Waals surface area contributed by atoms with E-state index in [1.807, 2.05) is 84.3 Å². The Morgan fingerprint density at radius 3 is 2.20 bits per heavy atom. The molecule has 6 nitrogen and oxygen atoms in total. The molecule has 0 N–H and O–H groups in total. The SMILES string of the molecule is CCCN1CN(c2ccc(Oc3ccccc3)cc2)c2nc(C)c(Cc3ccccc3)c(=O)n2C1. The van der Waals surface area contributed by atoms with Gasteiger partial charge in [-0.2, -0.15) is 0 Å². The summed E-state index contributed by atoms with van der Waals surface area (Å²) in [6.45, 7) is 6.22. The molecule has 2 heterocycles. The monoisotopic (exact) mass is 466 g/mol. The highest BCUT2D eigenvalue weighted by atomic mass is 16.5. The summed E-state index contributed by atoms with van der Waals surface area (Å²) in [5.74, 6) is 2.25. The molecule has 0 aliphatic carbocycles. The average molecular weight is 467 g/mol.